The van der Waals surface area contributed by atoms with E-state index in [9.17, 15) is 40.7 Å². The number of H-pyrrole nitrogens is 2. The molecule has 0 aliphatic carbocycles. The van der Waals surface area contributed by atoms with Crippen LogP contribution in [0.5, 0.6) is 0 Å². The van der Waals surface area contributed by atoms with E-state index in [4.69, 9.17) is 27.2 Å². The van der Waals surface area contributed by atoms with Crippen molar-refractivity contribution >= 4 is 41.1 Å². The molecule has 294 valence electrons. The monoisotopic (exact) mass is 799 g/mol. The second kappa shape index (κ2) is 16.7. The van der Waals surface area contributed by atoms with Gasteiger partial charge in [-0.15, -0.1) is 0 Å². The van der Waals surface area contributed by atoms with Crippen LogP contribution in [0.3, 0.4) is 0 Å². The highest BCUT2D eigenvalue weighted by atomic mass is 35.5. The predicted molar refractivity (Wildman–Crippen MR) is 181 cm³/mol. The second-order valence-corrected chi connectivity index (χ2v) is 12.6. The first kappa shape index (κ1) is 40.4. The Hall–Kier alpha value is -5.77. The van der Waals surface area contributed by atoms with Crippen LogP contribution in [0.4, 0.5) is 32.2 Å². The molecule has 6 rings (SSSR count). The van der Waals surface area contributed by atoms with Gasteiger partial charge in [0.25, 0.3) is 11.8 Å². The molecule has 2 aliphatic heterocycles. The molecular formula is C32H32ClF6N11O5. The Morgan fingerprint density at radius 3 is 2.24 bits per heavy atom. The molecule has 1 aromatic carbocycles. The van der Waals surface area contributed by atoms with Gasteiger partial charge in [-0.05, 0) is 49.7 Å². The highest BCUT2D eigenvalue weighted by Crippen LogP contribution is 2.39. The summed E-state index contributed by atoms with van der Waals surface area (Å²) in [5.74, 6) is -3.93. The van der Waals surface area contributed by atoms with Crippen LogP contribution < -0.4 is 16.4 Å². The molecule has 0 atom stereocenters. The molecular weight excluding hydrogens is 768 g/mol. The molecule has 16 nitrogen and oxygen atoms in total. The first-order valence-electron chi connectivity index (χ1n) is 16.4. The van der Waals surface area contributed by atoms with E-state index in [2.05, 4.69) is 35.7 Å². The van der Waals surface area contributed by atoms with Crippen LogP contribution in [0, 0.1) is 5.92 Å². The normalized spacial score (nSPS) is 15.3. The SMILES string of the molecule is Nc1ccnc(-c2n[nH]c(C(F)(F)F)c2-c2cnc(C(=O)NCc3ccc(C(=O)N4CCN(C(=O)C5CCNCC5)CC4)c(Cl)c3)[nH]2)n1.O=C(O)C(F)(F)F. The number of nitrogen functional groups attached to an aromatic ring is 1. The molecule has 7 N–H and O–H groups in total. The first-order valence-corrected chi connectivity index (χ1v) is 16.8. The number of alkyl halides is 6. The zero-order valence-corrected chi connectivity index (χ0v) is 29.1. The number of halogens is 7. The predicted octanol–water partition coefficient (Wildman–Crippen LogP) is 3.36. The molecule has 2 saturated heterocycles. The number of rotatable bonds is 7. The van der Waals surface area contributed by atoms with Gasteiger partial charge >= 0.3 is 18.3 Å². The van der Waals surface area contributed by atoms with Crippen LogP contribution >= 0.6 is 11.6 Å². The molecule has 0 radical (unpaired) electrons. The maximum absolute atomic E-state index is 13.8. The molecule has 4 aromatic rings. The number of aromatic amines is 2. The molecule has 55 heavy (non-hydrogen) atoms. The number of nitrogens with zero attached hydrogens (tertiary/aromatic N) is 6. The third-order valence-electron chi connectivity index (χ3n) is 8.53. The quantitative estimate of drug-likeness (QED) is 0.149. The minimum Gasteiger partial charge on any atom is -0.475 e. The van der Waals surface area contributed by atoms with Gasteiger partial charge in [0.05, 0.1) is 28.0 Å². The first-order chi connectivity index (χ1) is 25.9. The van der Waals surface area contributed by atoms with Crippen LogP contribution in [0.25, 0.3) is 22.8 Å². The Balaban J connectivity index is 0.000000757. The summed E-state index contributed by atoms with van der Waals surface area (Å²) in [6.45, 7) is 3.35. The van der Waals surface area contributed by atoms with E-state index in [-0.39, 0.29) is 58.2 Å². The number of amides is 3. The van der Waals surface area contributed by atoms with Crippen molar-refractivity contribution < 1.29 is 50.6 Å². The number of carboxylic acids is 1. The third kappa shape index (κ3) is 9.86. The molecule has 23 heteroatoms. The summed E-state index contributed by atoms with van der Waals surface area (Å²) >= 11 is 6.48. The van der Waals surface area contributed by atoms with Crippen molar-refractivity contribution in [1.82, 2.24) is 50.6 Å². The van der Waals surface area contributed by atoms with E-state index in [1.54, 1.807) is 23.1 Å². The zero-order chi connectivity index (χ0) is 40.1. The summed E-state index contributed by atoms with van der Waals surface area (Å²) in [7, 11) is 0. The van der Waals surface area contributed by atoms with Crippen molar-refractivity contribution in [1.29, 1.82) is 0 Å². The van der Waals surface area contributed by atoms with Crippen molar-refractivity contribution in [2.45, 2.75) is 31.7 Å². The van der Waals surface area contributed by atoms with Crippen LogP contribution in [0.1, 0.15) is 45.1 Å². The van der Waals surface area contributed by atoms with Crippen LogP contribution in [0.2, 0.25) is 5.02 Å². The highest BCUT2D eigenvalue weighted by molar-refractivity contribution is 6.33. The number of aliphatic carboxylic acids is 1. The van der Waals surface area contributed by atoms with Gasteiger partial charge in [0.2, 0.25) is 5.91 Å². The van der Waals surface area contributed by atoms with E-state index in [1.807, 2.05) is 10.00 Å². The number of carboxylic acid groups (broad SMARTS) is 1. The molecule has 0 spiro atoms. The lowest BCUT2D eigenvalue weighted by Crippen LogP contribution is -2.52. The van der Waals surface area contributed by atoms with Crippen molar-refractivity contribution in [3.8, 4) is 22.8 Å². The van der Waals surface area contributed by atoms with Gasteiger partial charge in [-0.3, -0.25) is 19.5 Å². The molecule has 0 unspecified atom stereocenters. The van der Waals surface area contributed by atoms with Gasteiger partial charge in [-0.1, -0.05) is 17.7 Å². The number of nitrogens with two attached hydrogens (primary N) is 1. The number of anilines is 1. The molecule has 2 aliphatic rings. The number of hydrogen-bond donors (Lipinski definition) is 6. The molecule has 2 fully saturated rings. The fourth-order valence-electron chi connectivity index (χ4n) is 5.76. The van der Waals surface area contributed by atoms with Gasteiger partial charge in [-0.2, -0.15) is 31.4 Å². The average molecular weight is 800 g/mol. The molecule has 0 saturated carbocycles. The summed E-state index contributed by atoms with van der Waals surface area (Å²) < 4.78 is 73.3. The van der Waals surface area contributed by atoms with E-state index in [0.29, 0.717) is 37.3 Å². The van der Waals surface area contributed by atoms with Crippen molar-refractivity contribution in [2.24, 2.45) is 5.92 Å². The largest absolute Gasteiger partial charge is 0.490 e. The number of nitrogens with one attached hydrogen (secondary N) is 4. The Morgan fingerprint density at radius 2 is 1.64 bits per heavy atom. The molecule has 0 bridgehead atoms. The Labute approximate surface area is 311 Å². The number of aromatic nitrogens is 6. The van der Waals surface area contributed by atoms with E-state index in [0.717, 1.165) is 32.1 Å². The lowest BCUT2D eigenvalue weighted by atomic mass is 9.96. The van der Waals surface area contributed by atoms with Gasteiger partial charge in [0.1, 0.15) is 17.2 Å². The van der Waals surface area contributed by atoms with Gasteiger partial charge in [0, 0.05) is 44.8 Å². The summed E-state index contributed by atoms with van der Waals surface area (Å²) in [5, 5.41) is 18.9. The third-order valence-corrected chi connectivity index (χ3v) is 8.84. The summed E-state index contributed by atoms with van der Waals surface area (Å²) in [4.78, 5) is 65.9. The standard InChI is InChI=1S/C30H31ClF3N11O3.C2HF3O2/c31-19-13-16(1-2-18(19)29(48)45-11-9-44(10-12-45)28(47)17-3-6-36-7-4-17)14-39-27(46)26-38-15-20(40-26)22-23(25-37-8-5-21(35)41-25)42-43-24(22)30(32,33)34;3-2(4,5)1(6)7/h1-2,5,8,13,15,17,36H,3-4,6-7,9-12,14H2,(H,38,40)(H,39,46)(H,42,43)(H2,35,37,41);(H,6,7). The number of carbonyl (C=O) groups excluding carboxylic acids is 3. The summed E-state index contributed by atoms with van der Waals surface area (Å²) in [6.07, 6.45) is -5.91. The minimum absolute atomic E-state index is 0.0115. The molecule has 5 heterocycles. The smallest absolute Gasteiger partial charge is 0.475 e. The Bertz CT molecular complexity index is 2040. The Kier molecular flexibility index (Phi) is 12.3. The topological polar surface area (TPSA) is 228 Å². The Morgan fingerprint density at radius 1 is 0.982 bits per heavy atom. The van der Waals surface area contributed by atoms with Gasteiger partial charge in [-0.25, -0.2) is 19.7 Å². The highest BCUT2D eigenvalue weighted by Gasteiger charge is 2.40. The lowest BCUT2D eigenvalue weighted by molar-refractivity contribution is -0.192. The molecule has 3 aromatic heterocycles. The second-order valence-electron chi connectivity index (χ2n) is 12.2. The fourth-order valence-corrected chi connectivity index (χ4v) is 6.04. The number of carbonyl (C=O) groups is 4. The maximum atomic E-state index is 13.8. The number of piperidine rings is 1. The number of benzene rings is 1. The minimum atomic E-state index is -5.08. The maximum Gasteiger partial charge on any atom is 0.490 e. The summed E-state index contributed by atoms with van der Waals surface area (Å²) in [6, 6.07) is 6.14. The summed E-state index contributed by atoms with van der Waals surface area (Å²) in [5.41, 5.74) is 4.55. The molecule has 3 amide bonds. The van der Waals surface area contributed by atoms with Crippen molar-refractivity contribution in [3.05, 3.63) is 64.3 Å². The average Bonchev–Trinajstić information content (AvgIpc) is 3.82. The van der Waals surface area contributed by atoms with Crippen molar-refractivity contribution in [2.75, 3.05) is 45.0 Å². The number of piperazine rings is 1. The zero-order valence-electron chi connectivity index (χ0n) is 28.4. The van der Waals surface area contributed by atoms with Gasteiger partial charge in [0.15, 0.2) is 11.6 Å². The van der Waals surface area contributed by atoms with Crippen LogP contribution in [-0.4, -0.2) is 114 Å². The van der Waals surface area contributed by atoms with E-state index in [1.165, 1.54) is 12.3 Å². The number of imidazole rings is 1. The fraction of sp³-hybridized carbons (Fsp3) is 0.375. The number of hydrogen-bond acceptors (Lipinski definition) is 10. The van der Waals surface area contributed by atoms with E-state index < -0.39 is 35.5 Å². The van der Waals surface area contributed by atoms with Crippen LogP contribution in [-0.2, 0) is 22.3 Å². The van der Waals surface area contributed by atoms with Crippen LogP contribution in [0.15, 0.2) is 36.7 Å². The van der Waals surface area contributed by atoms with E-state index >= 15 is 0 Å². The lowest BCUT2D eigenvalue weighted by Gasteiger charge is -2.37. The van der Waals surface area contributed by atoms with Crippen molar-refractivity contribution in [3.63, 3.8) is 0 Å². The van der Waals surface area contributed by atoms with Gasteiger partial charge < -0.3 is 36.3 Å².